The molecule has 0 aliphatic heterocycles. The fourth-order valence-electron chi connectivity index (χ4n) is 3.32. The van der Waals surface area contributed by atoms with E-state index in [4.69, 9.17) is 8.85 Å². The minimum atomic E-state index is -2.85. The first-order chi connectivity index (χ1) is 12.9. The van der Waals surface area contributed by atoms with Crippen molar-refractivity contribution in [3.05, 3.63) is 60.7 Å². The van der Waals surface area contributed by atoms with Gasteiger partial charge in [-0.05, 0) is 46.2 Å². The molecule has 28 heavy (non-hydrogen) atoms. The molecule has 0 aliphatic rings. The molecule has 0 aromatic heterocycles. The van der Waals surface area contributed by atoms with Gasteiger partial charge in [0.1, 0.15) is 7.14 Å². The van der Waals surface area contributed by atoms with Gasteiger partial charge in [-0.3, -0.25) is 0 Å². The summed E-state index contributed by atoms with van der Waals surface area (Å²) in [5.41, 5.74) is 0. The van der Waals surface area contributed by atoms with Gasteiger partial charge in [-0.2, -0.15) is 0 Å². The molecule has 3 nitrogen and oxygen atoms in total. The molecule has 0 N–H and O–H groups in total. The number of hydrogen-bond donors (Lipinski definition) is 0. The van der Waals surface area contributed by atoms with Gasteiger partial charge in [0.15, 0.2) is 16.6 Å². The van der Waals surface area contributed by atoms with Crippen LogP contribution in [0.25, 0.3) is 0 Å². The Morgan fingerprint density at radius 1 is 0.750 bits per heavy atom. The van der Waals surface area contributed by atoms with Crippen LogP contribution in [0.1, 0.15) is 6.92 Å². The van der Waals surface area contributed by atoms with Gasteiger partial charge in [-0.25, -0.2) is 0 Å². The van der Waals surface area contributed by atoms with Crippen LogP contribution in [0, 0.1) is 0 Å². The zero-order valence-electron chi connectivity index (χ0n) is 18.3. The third kappa shape index (κ3) is 6.82. The summed E-state index contributed by atoms with van der Waals surface area (Å²) in [6, 6.07) is 19.7. The van der Waals surface area contributed by atoms with Crippen molar-refractivity contribution in [3.63, 3.8) is 0 Å². The van der Waals surface area contributed by atoms with Gasteiger partial charge in [-0.1, -0.05) is 60.7 Å². The Morgan fingerprint density at radius 3 is 1.50 bits per heavy atom. The van der Waals surface area contributed by atoms with E-state index < -0.39 is 23.8 Å². The van der Waals surface area contributed by atoms with Crippen LogP contribution >= 0.6 is 7.14 Å². The summed E-state index contributed by atoms with van der Waals surface area (Å²) >= 11 is 0. The molecule has 0 radical (unpaired) electrons. The molecule has 0 bridgehead atoms. The molecule has 0 unspecified atom stereocenters. The lowest BCUT2D eigenvalue weighted by Gasteiger charge is -2.36. The summed E-state index contributed by atoms with van der Waals surface area (Å²) in [6.45, 7) is 15.2. The Labute approximate surface area is 173 Å². The monoisotopic (exact) mass is 434 g/mol. The third-order valence-electron chi connectivity index (χ3n) is 4.35. The van der Waals surface area contributed by atoms with Gasteiger partial charge >= 0.3 is 0 Å². The second-order valence-corrected chi connectivity index (χ2v) is 21.1. The van der Waals surface area contributed by atoms with E-state index in [0.29, 0.717) is 6.16 Å². The molecule has 2 atom stereocenters. The molecule has 6 heteroatoms. The zero-order valence-corrected chi connectivity index (χ0v) is 21.2. The van der Waals surface area contributed by atoms with Crippen molar-refractivity contribution in [2.75, 3.05) is 6.16 Å². The van der Waals surface area contributed by atoms with Crippen LogP contribution in [0.5, 0.6) is 0 Å². The average molecular weight is 435 g/mol. The molecule has 0 saturated carbocycles. The van der Waals surface area contributed by atoms with Crippen molar-refractivity contribution >= 4 is 34.4 Å². The molecule has 0 saturated heterocycles. The van der Waals surface area contributed by atoms with E-state index >= 15 is 0 Å². The largest absolute Gasteiger partial charge is 0.412 e. The molecule has 0 heterocycles. The molecule has 2 aromatic carbocycles. The van der Waals surface area contributed by atoms with E-state index in [1.165, 1.54) is 0 Å². The predicted octanol–water partition coefficient (Wildman–Crippen LogP) is 5.46. The summed E-state index contributed by atoms with van der Waals surface area (Å²) < 4.78 is 27.4. The maximum absolute atomic E-state index is 14.5. The molecule has 2 aromatic rings. The van der Waals surface area contributed by atoms with Crippen molar-refractivity contribution in [2.24, 2.45) is 0 Å². The Kier molecular flexibility index (Phi) is 7.68. The van der Waals surface area contributed by atoms with Crippen LogP contribution < -0.4 is 10.6 Å². The first kappa shape index (κ1) is 23.3. The molecular formula is C22H35O3PSi2. The topological polar surface area (TPSA) is 35.5 Å². The van der Waals surface area contributed by atoms with Crippen LogP contribution in [0.2, 0.25) is 39.3 Å². The lowest BCUT2D eigenvalue weighted by Crippen LogP contribution is -2.46. The maximum atomic E-state index is 14.5. The molecular weight excluding hydrogens is 399 g/mol. The number of benzene rings is 2. The minimum absolute atomic E-state index is 0.0980. The predicted molar refractivity (Wildman–Crippen MR) is 127 cm³/mol. The highest BCUT2D eigenvalue weighted by molar-refractivity contribution is 7.78. The van der Waals surface area contributed by atoms with E-state index in [9.17, 15) is 4.57 Å². The van der Waals surface area contributed by atoms with Crippen LogP contribution in [0.3, 0.4) is 0 Å². The van der Waals surface area contributed by atoms with E-state index in [1.54, 1.807) is 0 Å². The minimum Gasteiger partial charge on any atom is -0.412 e. The molecule has 0 fully saturated rings. The quantitative estimate of drug-likeness (QED) is 0.388. The van der Waals surface area contributed by atoms with Crippen molar-refractivity contribution in [2.45, 2.75) is 58.4 Å². The Bertz CT molecular complexity index is 739. The molecule has 2 rings (SSSR count). The second kappa shape index (κ2) is 9.23. The van der Waals surface area contributed by atoms with Gasteiger partial charge in [-0.15, -0.1) is 0 Å². The Hall–Kier alpha value is -0.976. The van der Waals surface area contributed by atoms with Crippen LogP contribution in [0.4, 0.5) is 0 Å². The zero-order chi connectivity index (χ0) is 21.0. The smallest absolute Gasteiger partial charge is 0.184 e. The fraction of sp³-hybridized carbons (Fsp3) is 0.455. The van der Waals surface area contributed by atoms with E-state index in [2.05, 4.69) is 46.2 Å². The normalized spacial score (nSPS) is 15.2. The average Bonchev–Trinajstić information content (AvgIpc) is 2.60. The first-order valence-corrected chi connectivity index (χ1v) is 18.7. The molecule has 0 aliphatic carbocycles. The number of rotatable bonds is 9. The summed E-state index contributed by atoms with van der Waals surface area (Å²) in [5, 5.41) is 1.76. The standard InChI is InChI=1S/C22H35O3PSi2/c1-19(24-27(2,3)4)22(25-28(5,6)7)18-26(23,20-14-10-8-11-15-20)21-16-12-9-13-17-21/h8-17,19,22H,18H2,1-7H3/t19-,22-/m0/s1. The second-order valence-electron chi connectivity index (χ2n) is 9.30. The summed E-state index contributed by atoms with van der Waals surface area (Å²) in [5.74, 6) is 0. The highest BCUT2D eigenvalue weighted by Crippen LogP contribution is 2.45. The van der Waals surface area contributed by atoms with Crippen LogP contribution in [-0.4, -0.2) is 35.0 Å². The van der Waals surface area contributed by atoms with Crippen molar-refractivity contribution in [1.82, 2.24) is 0 Å². The fourth-order valence-corrected chi connectivity index (χ4v) is 8.82. The maximum Gasteiger partial charge on any atom is 0.184 e. The molecule has 0 amide bonds. The van der Waals surface area contributed by atoms with E-state index in [-0.39, 0.29) is 12.2 Å². The van der Waals surface area contributed by atoms with Gasteiger partial charge in [0.05, 0.1) is 12.2 Å². The summed E-state index contributed by atoms with van der Waals surface area (Å²) in [6.07, 6.45) is 0.153. The highest BCUT2D eigenvalue weighted by atomic mass is 31.2. The van der Waals surface area contributed by atoms with Crippen molar-refractivity contribution < 1.29 is 13.4 Å². The van der Waals surface area contributed by atoms with Gasteiger partial charge in [0, 0.05) is 16.8 Å². The van der Waals surface area contributed by atoms with Crippen LogP contribution in [0.15, 0.2) is 60.7 Å². The Morgan fingerprint density at radius 2 is 1.14 bits per heavy atom. The number of hydrogen-bond acceptors (Lipinski definition) is 3. The highest BCUT2D eigenvalue weighted by Gasteiger charge is 2.37. The lowest BCUT2D eigenvalue weighted by molar-refractivity contribution is 0.0699. The summed E-state index contributed by atoms with van der Waals surface area (Å²) in [4.78, 5) is 0. The lowest BCUT2D eigenvalue weighted by atomic mass is 10.3. The van der Waals surface area contributed by atoms with E-state index in [0.717, 1.165) is 10.6 Å². The molecule has 154 valence electrons. The van der Waals surface area contributed by atoms with Crippen molar-refractivity contribution in [1.29, 1.82) is 0 Å². The third-order valence-corrected chi connectivity index (χ3v) is 9.58. The van der Waals surface area contributed by atoms with Crippen molar-refractivity contribution in [3.8, 4) is 0 Å². The van der Waals surface area contributed by atoms with Gasteiger partial charge in [0.25, 0.3) is 0 Å². The van der Waals surface area contributed by atoms with Gasteiger partial charge in [0.2, 0.25) is 0 Å². The van der Waals surface area contributed by atoms with E-state index in [1.807, 2.05) is 60.7 Å². The van der Waals surface area contributed by atoms with Crippen LogP contribution in [-0.2, 0) is 13.4 Å². The first-order valence-electron chi connectivity index (χ1n) is 9.97. The Balaban J connectivity index is 2.47. The SMILES string of the molecule is C[C@H](O[Si](C)(C)C)[C@H](CP(=O)(c1ccccc1)c1ccccc1)O[Si](C)(C)C. The molecule has 0 spiro atoms. The van der Waals surface area contributed by atoms with Gasteiger partial charge < -0.3 is 13.4 Å². The summed E-state index contributed by atoms with van der Waals surface area (Å²) in [7, 11) is -6.45.